The van der Waals surface area contributed by atoms with Crippen LogP contribution in [0.25, 0.3) is 0 Å². The minimum absolute atomic E-state index is 0.0658. The third-order valence-corrected chi connectivity index (χ3v) is 5.17. The molecule has 2 aliphatic rings. The maximum absolute atomic E-state index is 13.6. The summed E-state index contributed by atoms with van der Waals surface area (Å²) >= 11 is 0. The maximum Gasteiger partial charge on any atom is 0.321 e. The molecule has 1 saturated heterocycles. The first kappa shape index (κ1) is 18.5. The minimum Gasteiger partial charge on any atom is -0.335 e. The number of hydrogen-bond donors (Lipinski definition) is 3. The van der Waals surface area contributed by atoms with Crippen molar-refractivity contribution in [3.8, 4) is 0 Å². The minimum atomic E-state index is -0.447. The first-order valence-corrected chi connectivity index (χ1v) is 9.49. The summed E-state index contributed by atoms with van der Waals surface area (Å²) in [7, 11) is 0. The Kier molecular flexibility index (Phi) is 6.30. The van der Waals surface area contributed by atoms with E-state index in [2.05, 4.69) is 16.0 Å². The zero-order valence-electron chi connectivity index (χ0n) is 15.0. The van der Waals surface area contributed by atoms with Crippen molar-refractivity contribution in [1.82, 2.24) is 15.5 Å². The number of nitrogens with one attached hydrogen (secondary N) is 3. The normalized spacial score (nSPS) is 19.0. The van der Waals surface area contributed by atoms with E-state index in [4.69, 9.17) is 0 Å². The molecule has 0 radical (unpaired) electrons. The summed E-state index contributed by atoms with van der Waals surface area (Å²) in [5.41, 5.74) is 0.185. The molecule has 2 fully saturated rings. The lowest BCUT2D eigenvalue weighted by atomic mass is 9.96. The Balaban J connectivity index is 1.40. The van der Waals surface area contributed by atoms with Gasteiger partial charge < -0.3 is 20.9 Å². The SMILES string of the molecule is O=C(NC1CCCCC1)NC1CCN(C(=O)Nc2ccccc2F)CC1. The third kappa shape index (κ3) is 5.09. The van der Waals surface area contributed by atoms with Crippen molar-refractivity contribution in [3.63, 3.8) is 0 Å². The molecule has 4 amide bonds. The molecule has 1 saturated carbocycles. The fourth-order valence-electron chi connectivity index (χ4n) is 3.64. The molecular weight excluding hydrogens is 335 g/mol. The van der Waals surface area contributed by atoms with Crippen molar-refractivity contribution >= 4 is 17.7 Å². The van der Waals surface area contributed by atoms with Crippen LogP contribution in [0.2, 0.25) is 0 Å². The number of benzene rings is 1. The van der Waals surface area contributed by atoms with Crippen molar-refractivity contribution in [2.24, 2.45) is 0 Å². The van der Waals surface area contributed by atoms with Crippen molar-refractivity contribution in [2.75, 3.05) is 18.4 Å². The van der Waals surface area contributed by atoms with Crippen LogP contribution in [0.15, 0.2) is 24.3 Å². The molecule has 0 spiro atoms. The van der Waals surface area contributed by atoms with Gasteiger partial charge >= 0.3 is 12.1 Å². The molecule has 1 aromatic carbocycles. The van der Waals surface area contributed by atoms with E-state index >= 15 is 0 Å². The number of rotatable bonds is 3. The van der Waals surface area contributed by atoms with Gasteiger partial charge in [0.25, 0.3) is 0 Å². The maximum atomic E-state index is 13.6. The fraction of sp³-hybridized carbons (Fsp3) is 0.579. The van der Waals surface area contributed by atoms with Gasteiger partial charge in [-0.15, -0.1) is 0 Å². The summed E-state index contributed by atoms with van der Waals surface area (Å²) in [5.74, 6) is -0.447. The smallest absolute Gasteiger partial charge is 0.321 e. The molecule has 142 valence electrons. The molecule has 6 nitrogen and oxygen atoms in total. The average molecular weight is 362 g/mol. The van der Waals surface area contributed by atoms with Crippen molar-refractivity contribution in [2.45, 2.75) is 57.0 Å². The van der Waals surface area contributed by atoms with Gasteiger partial charge in [0, 0.05) is 25.2 Å². The summed E-state index contributed by atoms with van der Waals surface area (Å²) < 4.78 is 13.6. The molecule has 1 aliphatic carbocycles. The molecule has 7 heteroatoms. The largest absolute Gasteiger partial charge is 0.335 e. The number of amides is 4. The monoisotopic (exact) mass is 362 g/mol. The molecule has 0 bridgehead atoms. The zero-order valence-corrected chi connectivity index (χ0v) is 15.0. The lowest BCUT2D eigenvalue weighted by molar-refractivity contribution is 0.186. The molecular formula is C19H27FN4O2. The van der Waals surface area contributed by atoms with Gasteiger partial charge in [-0.1, -0.05) is 31.4 Å². The summed E-state index contributed by atoms with van der Waals surface area (Å²) in [5, 5.41) is 8.67. The lowest BCUT2D eigenvalue weighted by Gasteiger charge is -2.33. The molecule has 1 aromatic rings. The lowest BCUT2D eigenvalue weighted by Crippen LogP contribution is -2.51. The highest BCUT2D eigenvalue weighted by Gasteiger charge is 2.25. The van der Waals surface area contributed by atoms with Crippen LogP contribution < -0.4 is 16.0 Å². The third-order valence-electron chi connectivity index (χ3n) is 5.17. The molecule has 1 aliphatic heterocycles. The first-order valence-electron chi connectivity index (χ1n) is 9.49. The number of halogens is 1. The van der Waals surface area contributed by atoms with Crippen LogP contribution in [0.3, 0.4) is 0 Å². The zero-order chi connectivity index (χ0) is 18.4. The van der Waals surface area contributed by atoms with Gasteiger partial charge in [0.15, 0.2) is 0 Å². The Hall–Kier alpha value is -2.31. The fourth-order valence-corrected chi connectivity index (χ4v) is 3.64. The van der Waals surface area contributed by atoms with Gasteiger partial charge in [-0.05, 0) is 37.8 Å². The summed E-state index contributed by atoms with van der Waals surface area (Å²) in [4.78, 5) is 26.0. The van der Waals surface area contributed by atoms with Crippen molar-refractivity contribution in [1.29, 1.82) is 0 Å². The molecule has 0 atom stereocenters. The first-order chi connectivity index (χ1) is 12.6. The van der Waals surface area contributed by atoms with Crippen LogP contribution in [0, 0.1) is 5.82 Å². The van der Waals surface area contributed by atoms with Gasteiger partial charge in [0.05, 0.1) is 5.69 Å². The van der Waals surface area contributed by atoms with Gasteiger partial charge in [0.1, 0.15) is 5.82 Å². The predicted octanol–water partition coefficient (Wildman–Crippen LogP) is 3.45. The number of carbonyl (C=O) groups excluding carboxylic acids is 2. The van der Waals surface area contributed by atoms with E-state index in [1.54, 1.807) is 17.0 Å². The Bertz CT molecular complexity index is 626. The molecule has 3 N–H and O–H groups in total. The van der Waals surface area contributed by atoms with Crippen LogP contribution in [0.4, 0.5) is 19.7 Å². The Labute approximate surface area is 153 Å². The predicted molar refractivity (Wildman–Crippen MR) is 98.6 cm³/mol. The molecule has 0 unspecified atom stereocenters. The van der Waals surface area contributed by atoms with E-state index < -0.39 is 5.82 Å². The Morgan fingerprint density at radius 1 is 0.923 bits per heavy atom. The number of anilines is 1. The summed E-state index contributed by atoms with van der Waals surface area (Å²) in [6.45, 7) is 1.07. The molecule has 0 aromatic heterocycles. The second-order valence-corrected chi connectivity index (χ2v) is 7.12. The van der Waals surface area contributed by atoms with E-state index in [-0.39, 0.29) is 29.8 Å². The van der Waals surface area contributed by atoms with Crippen molar-refractivity contribution < 1.29 is 14.0 Å². The number of nitrogens with zero attached hydrogens (tertiary/aromatic N) is 1. The van der Waals surface area contributed by atoms with Crippen LogP contribution in [-0.4, -0.2) is 42.1 Å². The van der Waals surface area contributed by atoms with Gasteiger partial charge in [-0.2, -0.15) is 0 Å². The van der Waals surface area contributed by atoms with Crippen LogP contribution in [0.1, 0.15) is 44.9 Å². The van der Waals surface area contributed by atoms with Crippen molar-refractivity contribution in [3.05, 3.63) is 30.1 Å². The molecule has 1 heterocycles. The number of piperidine rings is 1. The highest BCUT2D eigenvalue weighted by atomic mass is 19.1. The van der Waals surface area contributed by atoms with Gasteiger partial charge in [0.2, 0.25) is 0 Å². The van der Waals surface area contributed by atoms with Crippen LogP contribution in [-0.2, 0) is 0 Å². The van der Waals surface area contributed by atoms with E-state index in [0.717, 1.165) is 12.8 Å². The van der Waals surface area contributed by atoms with Crippen LogP contribution >= 0.6 is 0 Å². The van der Waals surface area contributed by atoms with E-state index in [1.165, 1.54) is 31.4 Å². The second-order valence-electron chi connectivity index (χ2n) is 7.12. The number of urea groups is 2. The quantitative estimate of drug-likeness (QED) is 0.770. The number of hydrogen-bond acceptors (Lipinski definition) is 2. The second kappa shape index (κ2) is 8.87. The molecule has 26 heavy (non-hydrogen) atoms. The topological polar surface area (TPSA) is 73.5 Å². The average Bonchev–Trinajstić information content (AvgIpc) is 2.65. The number of para-hydroxylation sites is 1. The highest BCUT2D eigenvalue weighted by molar-refractivity contribution is 5.89. The summed E-state index contributed by atoms with van der Waals surface area (Å²) in [6.07, 6.45) is 7.13. The number of carbonyl (C=O) groups is 2. The Morgan fingerprint density at radius 2 is 1.54 bits per heavy atom. The van der Waals surface area contributed by atoms with E-state index in [0.29, 0.717) is 25.9 Å². The number of likely N-dealkylation sites (tertiary alicyclic amines) is 1. The Morgan fingerprint density at radius 3 is 2.19 bits per heavy atom. The molecule has 3 rings (SSSR count). The van der Waals surface area contributed by atoms with Gasteiger partial charge in [-0.3, -0.25) is 0 Å². The summed E-state index contributed by atoms with van der Waals surface area (Å²) in [6, 6.07) is 6.06. The standard InChI is InChI=1S/C19H27FN4O2/c20-16-8-4-5-9-17(16)23-19(26)24-12-10-15(11-13-24)22-18(25)21-14-6-2-1-3-7-14/h4-5,8-9,14-15H,1-3,6-7,10-13H2,(H,23,26)(H2,21,22,25). The van der Waals surface area contributed by atoms with Crippen LogP contribution in [0.5, 0.6) is 0 Å². The highest BCUT2D eigenvalue weighted by Crippen LogP contribution is 2.18. The van der Waals surface area contributed by atoms with Gasteiger partial charge in [-0.25, -0.2) is 14.0 Å². The van der Waals surface area contributed by atoms with E-state index in [9.17, 15) is 14.0 Å². The van der Waals surface area contributed by atoms with E-state index in [1.807, 2.05) is 0 Å².